The molecule has 120 valence electrons. The number of Topliss-reactive ketones (excluding diaryl/α,β-unsaturated/α-hetero) is 1. The van der Waals surface area contributed by atoms with Crippen molar-refractivity contribution in [3.8, 4) is 0 Å². The Labute approximate surface area is 130 Å². The number of hydrogen-bond donors (Lipinski definition) is 0. The van der Waals surface area contributed by atoms with Gasteiger partial charge in [-0.25, -0.2) is 0 Å². The third kappa shape index (κ3) is 5.68. The Morgan fingerprint density at radius 1 is 0.955 bits per heavy atom. The van der Waals surface area contributed by atoms with Crippen molar-refractivity contribution in [1.82, 2.24) is 0 Å². The van der Waals surface area contributed by atoms with Crippen LogP contribution in [0.5, 0.6) is 0 Å². The van der Waals surface area contributed by atoms with E-state index in [1.54, 1.807) is 38.1 Å². The molecule has 0 unspecified atom stereocenters. The van der Waals surface area contributed by atoms with E-state index in [1.807, 2.05) is 6.07 Å². The fourth-order valence-corrected chi connectivity index (χ4v) is 2.05. The van der Waals surface area contributed by atoms with E-state index in [1.165, 1.54) is 0 Å². The standard InChI is InChI=1S/C17H22O5/c1-3-21-16(19)14(17(20)22-4-2)11-8-12-15(18)13-9-6-5-7-10-13/h5-7,9-10,14H,3-4,8,11-12H2,1-2H3. The largest absolute Gasteiger partial charge is 0.465 e. The van der Waals surface area contributed by atoms with E-state index in [4.69, 9.17) is 9.47 Å². The summed E-state index contributed by atoms with van der Waals surface area (Å²) in [6, 6.07) is 8.93. The first kappa shape index (κ1) is 17.9. The fourth-order valence-electron chi connectivity index (χ4n) is 2.05. The van der Waals surface area contributed by atoms with E-state index in [9.17, 15) is 14.4 Å². The molecular formula is C17H22O5. The molecule has 0 fully saturated rings. The average Bonchev–Trinajstić information content (AvgIpc) is 2.52. The summed E-state index contributed by atoms with van der Waals surface area (Å²) in [7, 11) is 0. The molecule has 0 amide bonds. The summed E-state index contributed by atoms with van der Waals surface area (Å²) in [6.07, 6.45) is 0.950. The monoisotopic (exact) mass is 306 g/mol. The van der Waals surface area contributed by atoms with Crippen LogP contribution in [0.4, 0.5) is 0 Å². The molecule has 0 aliphatic carbocycles. The highest BCUT2D eigenvalue weighted by Gasteiger charge is 2.29. The molecule has 1 rings (SSSR count). The van der Waals surface area contributed by atoms with Gasteiger partial charge < -0.3 is 9.47 Å². The number of benzene rings is 1. The quantitative estimate of drug-likeness (QED) is 0.398. The first-order chi connectivity index (χ1) is 10.6. The predicted octanol–water partition coefficient (Wildman–Crippen LogP) is 2.78. The zero-order valence-electron chi connectivity index (χ0n) is 13.0. The molecule has 0 N–H and O–H groups in total. The molecule has 1 aromatic carbocycles. The Balaban J connectivity index is 2.54. The lowest BCUT2D eigenvalue weighted by Crippen LogP contribution is -2.28. The van der Waals surface area contributed by atoms with E-state index in [0.717, 1.165) is 0 Å². The second-order valence-corrected chi connectivity index (χ2v) is 4.74. The Kier molecular flexibility index (Phi) is 7.89. The molecule has 0 spiro atoms. The third-order valence-electron chi connectivity index (χ3n) is 3.13. The minimum Gasteiger partial charge on any atom is -0.465 e. The molecular weight excluding hydrogens is 284 g/mol. The van der Waals surface area contributed by atoms with Crippen LogP contribution in [0.25, 0.3) is 0 Å². The highest BCUT2D eigenvalue weighted by Crippen LogP contribution is 2.15. The third-order valence-corrected chi connectivity index (χ3v) is 3.13. The summed E-state index contributed by atoms with van der Waals surface area (Å²) in [6.45, 7) is 3.77. The van der Waals surface area contributed by atoms with Crippen molar-refractivity contribution in [2.45, 2.75) is 33.1 Å². The van der Waals surface area contributed by atoms with Crippen LogP contribution in [-0.2, 0) is 19.1 Å². The van der Waals surface area contributed by atoms with Crippen molar-refractivity contribution in [3.63, 3.8) is 0 Å². The molecule has 0 aromatic heterocycles. The van der Waals surface area contributed by atoms with Crippen LogP contribution in [-0.4, -0.2) is 30.9 Å². The van der Waals surface area contributed by atoms with Crippen molar-refractivity contribution >= 4 is 17.7 Å². The molecule has 5 heteroatoms. The maximum atomic E-state index is 12.0. The number of carbonyl (C=O) groups excluding carboxylic acids is 3. The smallest absolute Gasteiger partial charge is 0.320 e. The van der Waals surface area contributed by atoms with Gasteiger partial charge in [-0.05, 0) is 26.7 Å². The van der Waals surface area contributed by atoms with Crippen molar-refractivity contribution in [2.75, 3.05) is 13.2 Å². The molecule has 0 aliphatic rings. The van der Waals surface area contributed by atoms with Gasteiger partial charge in [-0.15, -0.1) is 0 Å². The number of carbonyl (C=O) groups is 3. The Hall–Kier alpha value is -2.17. The van der Waals surface area contributed by atoms with Gasteiger partial charge in [-0.2, -0.15) is 0 Å². The topological polar surface area (TPSA) is 69.7 Å². The van der Waals surface area contributed by atoms with E-state index in [-0.39, 0.29) is 31.8 Å². The second-order valence-electron chi connectivity index (χ2n) is 4.74. The van der Waals surface area contributed by atoms with Crippen LogP contribution in [0.2, 0.25) is 0 Å². The number of ketones is 1. The van der Waals surface area contributed by atoms with Crippen molar-refractivity contribution in [3.05, 3.63) is 35.9 Å². The van der Waals surface area contributed by atoms with Crippen LogP contribution in [0.1, 0.15) is 43.5 Å². The van der Waals surface area contributed by atoms with Gasteiger partial charge in [-0.1, -0.05) is 30.3 Å². The van der Waals surface area contributed by atoms with E-state index >= 15 is 0 Å². The van der Waals surface area contributed by atoms with Gasteiger partial charge in [-0.3, -0.25) is 14.4 Å². The number of hydrogen-bond acceptors (Lipinski definition) is 5. The van der Waals surface area contributed by atoms with E-state index < -0.39 is 17.9 Å². The maximum absolute atomic E-state index is 12.0. The van der Waals surface area contributed by atoms with Gasteiger partial charge in [0, 0.05) is 12.0 Å². The summed E-state index contributed by atoms with van der Waals surface area (Å²) in [5.74, 6) is -2.14. The highest BCUT2D eigenvalue weighted by molar-refractivity contribution is 5.96. The molecule has 0 saturated carbocycles. The predicted molar refractivity (Wildman–Crippen MR) is 81.4 cm³/mol. The summed E-state index contributed by atoms with van der Waals surface area (Å²) >= 11 is 0. The zero-order chi connectivity index (χ0) is 16.4. The first-order valence-electron chi connectivity index (χ1n) is 7.51. The van der Waals surface area contributed by atoms with Gasteiger partial charge in [0.05, 0.1) is 13.2 Å². The SMILES string of the molecule is CCOC(=O)C(CCCC(=O)c1ccccc1)C(=O)OCC. The van der Waals surface area contributed by atoms with E-state index in [0.29, 0.717) is 12.0 Å². The summed E-state index contributed by atoms with van der Waals surface area (Å²) in [5, 5.41) is 0. The van der Waals surface area contributed by atoms with Crippen LogP contribution in [0, 0.1) is 5.92 Å². The van der Waals surface area contributed by atoms with Crippen LogP contribution < -0.4 is 0 Å². The lowest BCUT2D eigenvalue weighted by molar-refractivity contribution is -0.161. The molecule has 0 heterocycles. The molecule has 0 saturated heterocycles. The Morgan fingerprint density at radius 3 is 2.00 bits per heavy atom. The van der Waals surface area contributed by atoms with Gasteiger partial charge in [0.1, 0.15) is 0 Å². The molecule has 0 atom stereocenters. The Bertz CT molecular complexity index is 477. The fraction of sp³-hybridized carbons (Fsp3) is 0.471. The summed E-state index contributed by atoms with van der Waals surface area (Å²) in [4.78, 5) is 35.6. The van der Waals surface area contributed by atoms with Gasteiger partial charge >= 0.3 is 11.9 Å². The van der Waals surface area contributed by atoms with Gasteiger partial charge in [0.15, 0.2) is 11.7 Å². The number of rotatable bonds is 9. The van der Waals surface area contributed by atoms with Crippen molar-refractivity contribution < 1.29 is 23.9 Å². The number of ether oxygens (including phenoxy) is 2. The van der Waals surface area contributed by atoms with Crippen LogP contribution >= 0.6 is 0 Å². The van der Waals surface area contributed by atoms with Crippen molar-refractivity contribution in [2.24, 2.45) is 5.92 Å². The molecule has 0 radical (unpaired) electrons. The zero-order valence-corrected chi connectivity index (χ0v) is 13.0. The summed E-state index contributed by atoms with van der Waals surface area (Å²) in [5.41, 5.74) is 0.631. The minimum absolute atomic E-state index is 0.00734. The molecule has 0 aliphatic heterocycles. The first-order valence-corrected chi connectivity index (χ1v) is 7.51. The average molecular weight is 306 g/mol. The molecule has 0 bridgehead atoms. The lowest BCUT2D eigenvalue weighted by Gasteiger charge is -2.13. The second kappa shape index (κ2) is 9.71. The highest BCUT2D eigenvalue weighted by atomic mass is 16.6. The molecule has 22 heavy (non-hydrogen) atoms. The van der Waals surface area contributed by atoms with E-state index in [2.05, 4.69) is 0 Å². The maximum Gasteiger partial charge on any atom is 0.320 e. The van der Waals surface area contributed by atoms with Crippen molar-refractivity contribution in [1.29, 1.82) is 0 Å². The minimum atomic E-state index is -0.955. The Morgan fingerprint density at radius 2 is 1.50 bits per heavy atom. The van der Waals surface area contributed by atoms with Gasteiger partial charge in [0.2, 0.25) is 0 Å². The van der Waals surface area contributed by atoms with Gasteiger partial charge in [0.25, 0.3) is 0 Å². The number of esters is 2. The summed E-state index contributed by atoms with van der Waals surface area (Å²) < 4.78 is 9.78. The lowest BCUT2D eigenvalue weighted by atomic mass is 9.99. The van der Waals surface area contributed by atoms with Crippen LogP contribution in [0.3, 0.4) is 0 Å². The van der Waals surface area contributed by atoms with Crippen LogP contribution in [0.15, 0.2) is 30.3 Å². The normalized spacial score (nSPS) is 10.3. The molecule has 5 nitrogen and oxygen atoms in total. The molecule has 1 aromatic rings.